The van der Waals surface area contributed by atoms with Gasteiger partial charge in [0, 0.05) is 25.3 Å². The lowest BCUT2D eigenvalue weighted by molar-refractivity contribution is -0.150. The second-order valence-electron chi connectivity index (χ2n) is 11.4. The van der Waals surface area contributed by atoms with Gasteiger partial charge in [0.05, 0.1) is 30.6 Å². The maximum absolute atomic E-state index is 14.6. The number of aliphatic hydroxyl groups is 1. The molecular weight excluding hydrogens is 518 g/mol. The Hall–Kier alpha value is -3.75. The monoisotopic (exact) mass is 555 g/mol. The quantitative estimate of drug-likeness (QED) is 0.506. The third-order valence-corrected chi connectivity index (χ3v) is 8.95. The number of para-hydroxylation sites is 1. The van der Waals surface area contributed by atoms with E-state index in [2.05, 4.69) is 6.92 Å². The van der Waals surface area contributed by atoms with Gasteiger partial charge in [0.15, 0.2) is 0 Å². The Morgan fingerprint density at radius 3 is 2.39 bits per heavy atom. The Labute approximate surface area is 240 Å². The zero-order valence-electron chi connectivity index (χ0n) is 23.3. The van der Waals surface area contributed by atoms with Crippen molar-refractivity contribution in [2.24, 2.45) is 11.8 Å². The van der Waals surface area contributed by atoms with E-state index in [0.29, 0.717) is 26.1 Å². The van der Waals surface area contributed by atoms with Crippen LogP contribution in [0.15, 0.2) is 85.0 Å². The minimum absolute atomic E-state index is 0.196. The molecule has 8 nitrogen and oxygen atoms in total. The zero-order chi connectivity index (χ0) is 28.6. The molecule has 1 spiro atoms. The van der Waals surface area contributed by atoms with Crippen molar-refractivity contribution in [1.82, 2.24) is 9.80 Å². The van der Waals surface area contributed by atoms with Gasteiger partial charge in [0.2, 0.25) is 17.7 Å². The van der Waals surface area contributed by atoms with Crippen molar-refractivity contribution < 1.29 is 24.2 Å². The first kappa shape index (κ1) is 27.4. The lowest BCUT2D eigenvalue weighted by Gasteiger charge is -2.38. The van der Waals surface area contributed by atoms with Crippen LogP contribution < -0.4 is 4.90 Å². The number of benzene rings is 2. The average Bonchev–Trinajstić information content (AvgIpc) is 3.32. The first-order valence-electron chi connectivity index (χ1n) is 14.6. The molecule has 1 unspecified atom stereocenters. The highest BCUT2D eigenvalue weighted by molar-refractivity contribution is 6.04. The number of carbonyl (C=O) groups excluding carboxylic acids is 3. The third-order valence-electron chi connectivity index (χ3n) is 8.95. The van der Waals surface area contributed by atoms with Gasteiger partial charge in [-0.1, -0.05) is 86.2 Å². The molecule has 2 aromatic rings. The fourth-order valence-corrected chi connectivity index (χ4v) is 7.04. The summed E-state index contributed by atoms with van der Waals surface area (Å²) < 4.78 is 6.75. The molecule has 3 amide bonds. The van der Waals surface area contributed by atoms with Crippen molar-refractivity contribution >= 4 is 23.4 Å². The van der Waals surface area contributed by atoms with Gasteiger partial charge in [-0.25, -0.2) is 0 Å². The molecule has 2 aromatic carbocycles. The maximum Gasteiger partial charge on any atom is 0.249 e. The van der Waals surface area contributed by atoms with Gasteiger partial charge in [-0.05, 0) is 30.5 Å². The zero-order valence-corrected chi connectivity index (χ0v) is 23.3. The summed E-state index contributed by atoms with van der Waals surface area (Å²) in [4.78, 5) is 48.3. The Kier molecular flexibility index (Phi) is 7.53. The molecule has 0 bridgehead atoms. The normalized spacial score (nSPS) is 29.7. The molecule has 4 aliphatic heterocycles. The number of hydrogen-bond donors (Lipinski definition) is 1. The van der Waals surface area contributed by atoms with Gasteiger partial charge in [-0.15, -0.1) is 0 Å². The van der Waals surface area contributed by atoms with Crippen LogP contribution in [-0.2, 0) is 25.5 Å². The molecule has 0 aliphatic carbocycles. The van der Waals surface area contributed by atoms with Crippen LogP contribution in [0.1, 0.15) is 25.3 Å². The van der Waals surface area contributed by atoms with Gasteiger partial charge in [0.25, 0.3) is 0 Å². The topological polar surface area (TPSA) is 90.4 Å². The smallest absolute Gasteiger partial charge is 0.249 e. The van der Waals surface area contributed by atoms with Gasteiger partial charge in [-0.2, -0.15) is 0 Å². The van der Waals surface area contributed by atoms with Crippen LogP contribution in [0, 0.1) is 11.8 Å². The van der Waals surface area contributed by atoms with Crippen LogP contribution >= 0.6 is 0 Å². The third kappa shape index (κ3) is 4.59. The summed E-state index contributed by atoms with van der Waals surface area (Å²) >= 11 is 0. The SMILES string of the molecule is CCCCN1CC=C[C@]23O[C@@H]4C=CCN(c5ccccc5)C(=O)[C@@H]4[C@H]2C(=O)N([C@@H](CO)Cc2ccccc2)C3C1=O. The van der Waals surface area contributed by atoms with E-state index in [1.54, 1.807) is 14.7 Å². The number of unbranched alkanes of at least 4 members (excludes halogenated alkanes) is 1. The first-order chi connectivity index (χ1) is 20.0. The average molecular weight is 556 g/mol. The molecule has 214 valence electrons. The number of amides is 3. The molecule has 6 atom stereocenters. The molecule has 41 heavy (non-hydrogen) atoms. The van der Waals surface area contributed by atoms with Crippen LogP contribution in [-0.4, -0.2) is 82.7 Å². The summed E-state index contributed by atoms with van der Waals surface area (Å²) in [7, 11) is 0. The highest BCUT2D eigenvalue weighted by Gasteiger charge is 2.72. The van der Waals surface area contributed by atoms with Crippen LogP contribution in [0.5, 0.6) is 0 Å². The molecule has 2 saturated heterocycles. The highest BCUT2D eigenvalue weighted by Crippen LogP contribution is 2.54. The molecule has 0 radical (unpaired) electrons. The molecule has 4 aliphatic rings. The Morgan fingerprint density at radius 2 is 1.68 bits per heavy atom. The van der Waals surface area contributed by atoms with Gasteiger partial charge >= 0.3 is 0 Å². The number of carbonyl (C=O) groups is 3. The van der Waals surface area contributed by atoms with Gasteiger partial charge < -0.3 is 24.5 Å². The van der Waals surface area contributed by atoms with Gasteiger partial charge in [0.1, 0.15) is 11.6 Å². The van der Waals surface area contributed by atoms with E-state index in [4.69, 9.17) is 4.74 Å². The van der Waals surface area contributed by atoms with Crippen molar-refractivity contribution in [3.05, 3.63) is 90.5 Å². The second-order valence-corrected chi connectivity index (χ2v) is 11.4. The molecule has 8 heteroatoms. The van der Waals surface area contributed by atoms with Crippen LogP contribution in [0.2, 0.25) is 0 Å². The Balaban J connectivity index is 1.44. The summed E-state index contributed by atoms with van der Waals surface area (Å²) in [5, 5.41) is 10.6. The van der Waals surface area contributed by atoms with Gasteiger partial charge in [-0.3, -0.25) is 14.4 Å². The first-order valence-corrected chi connectivity index (χ1v) is 14.6. The van der Waals surface area contributed by atoms with Crippen molar-refractivity contribution in [3.63, 3.8) is 0 Å². The van der Waals surface area contributed by atoms with E-state index in [9.17, 15) is 19.5 Å². The number of nitrogens with zero attached hydrogens (tertiary/aromatic N) is 3. The van der Waals surface area contributed by atoms with E-state index >= 15 is 0 Å². The van der Waals surface area contributed by atoms with Crippen molar-refractivity contribution in [2.75, 3.05) is 31.1 Å². The van der Waals surface area contributed by atoms with E-state index in [1.807, 2.05) is 85.0 Å². The summed E-state index contributed by atoms with van der Waals surface area (Å²) in [6.07, 6.45) is 9.06. The van der Waals surface area contributed by atoms with Crippen molar-refractivity contribution in [2.45, 2.75) is 50.0 Å². The molecular formula is C33H37N3O5. The largest absolute Gasteiger partial charge is 0.394 e. The van der Waals surface area contributed by atoms with Crippen LogP contribution in [0.25, 0.3) is 0 Å². The fourth-order valence-electron chi connectivity index (χ4n) is 7.04. The fraction of sp³-hybridized carbons (Fsp3) is 0.424. The summed E-state index contributed by atoms with van der Waals surface area (Å²) in [6.45, 7) is 3.10. The molecule has 4 heterocycles. The molecule has 0 saturated carbocycles. The van der Waals surface area contributed by atoms with Crippen LogP contribution in [0.4, 0.5) is 5.69 Å². The van der Waals surface area contributed by atoms with E-state index in [1.165, 1.54) is 0 Å². The number of rotatable bonds is 8. The minimum atomic E-state index is -1.31. The Morgan fingerprint density at radius 1 is 0.951 bits per heavy atom. The summed E-state index contributed by atoms with van der Waals surface area (Å²) in [5.74, 6) is -2.40. The predicted molar refractivity (Wildman–Crippen MR) is 155 cm³/mol. The standard InChI is InChI=1S/C33H37N3O5/c1-2-3-18-34-19-11-17-33-28(27-26(41-33)16-10-20-35(30(27)38)24-14-8-5-9-15-24)31(39)36(29(33)32(34)40)25(22-37)21-23-12-6-4-7-13-23/h4-17,25-29,37H,2-3,18-22H2,1H3/t25-,26-,27+,28+,29?,33+/m1/s1. The molecule has 0 aromatic heterocycles. The molecule has 2 fully saturated rings. The number of aliphatic hydroxyl groups excluding tert-OH is 1. The van der Waals surface area contributed by atoms with E-state index in [0.717, 1.165) is 24.1 Å². The predicted octanol–water partition coefficient (Wildman–Crippen LogP) is 2.97. The van der Waals surface area contributed by atoms with Crippen molar-refractivity contribution in [3.8, 4) is 0 Å². The molecule has 6 rings (SSSR count). The second kappa shape index (κ2) is 11.3. The van der Waals surface area contributed by atoms with Crippen LogP contribution in [0.3, 0.4) is 0 Å². The highest BCUT2D eigenvalue weighted by atomic mass is 16.5. The number of anilines is 1. The molecule has 1 N–H and O–H groups in total. The number of hydrogen-bond acceptors (Lipinski definition) is 5. The van der Waals surface area contributed by atoms with E-state index in [-0.39, 0.29) is 24.3 Å². The maximum atomic E-state index is 14.6. The van der Waals surface area contributed by atoms with E-state index < -0.39 is 35.6 Å². The van der Waals surface area contributed by atoms with Crippen molar-refractivity contribution in [1.29, 1.82) is 0 Å². The number of likely N-dealkylation sites (tertiary alicyclic amines) is 1. The Bertz CT molecular complexity index is 1350. The lowest BCUT2D eigenvalue weighted by Crippen LogP contribution is -2.58. The minimum Gasteiger partial charge on any atom is -0.394 e. The number of fused-ring (bicyclic) bond motifs is 2. The number of ether oxygens (including phenoxy) is 1. The lowest BCUT2D eigenvalue weighted by atomic mass is 9.77. The summed E-state index contributed by atoms with van der Waals surface area (Å²) in [5.41, 5.74) is 0.388. The summed E-state index contributed by atoms with van der Waals surface area (Å²) in [6, 6.07) is 17.4.